The van der Waals surface area contributed by atoms with Crippen LogP contribution >= 0.6 is 0 Å². The van der Waals surface area contributed by atoms with Gasteiger partial charge in [-0.15, -0.1) is 0 Å². The molecule has 2 heterocycles. The number of likely N-dealkylation sites (tertiary alicyclic amines) is 1. The zero-order valence-corrected chi connectivity index (χ0v) is 13.1. The highest BCUT2D eigenvalue weighted by Crippen LogP contribution is 2.27. The van der Waals surface area contributed by atoms with Crippen molar-refractivity contribution in [2.45, 2.75) is 32.4 Å². The van der Waals surface area contributed by atoms with Crippen molar-refractivity contribution in [1.29, 1.82) is 0 Å². The van der Waals surface area contributed by atoms with E-state index in [1.54, 1.807) is 23.7 Å². The predicted octanol–water partition coefficient (Wildman–Crippen LogP) is 1.60. The van der Waals surface area contributed by atoms with Gasteiger partial charge in [-0.2, -0.15) is 0 Å². The van der Waals surface area contributed by atoms with E-state index in [1.165, 1.54) is 0 Å². The highest BCUT2D eigenvalue weighted by molar-refractivity contribution is 5.93. The minimum atomic E-state index is -0.585. The van der Waals surface area contributed by atoms with Gasteiger partial charge in [0.25, 0.3) is 5.91 Å². The van der Waals surface area contributed by atoms with Crippen molar-refractivity contribution in [3.05, 3.63) is 29.3 Å². The molecule has 0 aromatic heterocycles. The number of nitrogens with one attached hydrogen (secondary N) is 1. The van der Waals surface area contributed by atoms with Gasteiger partial charge in [0.1, 0.15) is 12.4 Å². The van der Waals surface area contributed by atoms with Gasteiger partial charge >= 0.3 is 6.03 Å². The van der Waals surface area contributed by atoms with Crippen LogP contribution in [0.1, 0.15) is 35.7 Å². The molecule has 0 bridgehead atoms. The summed E-state index contributed by atoms with van der Waals surface area (Å²) < 4.78 is 5.77. The molecule has 124 valence electrons. The standard InChI is InChI=1S/C16H21N3O4/c1-11-10-23-14-8-12(15(20)17-22)4-5-13(14)9-19(11)16(21)18-6-2-3-7-18/h4-5,8,11,22H,2-3,6-7,9-10H2,1H3,(H,17,20)/t11-/m0/s1. The van der Waals surface area contributed by atoms with Crippen molar-refractivity contribution in [3.8, 4) is 5.75 Å². The van der Waals surface area contributed by atoms with E-state index in [0.717, 1.165) is 31.5 Å². The maximum atomic E-state index is 12.7. The molecule has 3 rings (SSSR count). The number of amides is 3. The normalized spacial score (nSPS) is 20.5. The Kier molecular flexibility index (Phi) is 4.38. The van der Waals surface area contributed by atoms with Crippen molar-refractivity contribution >= 4 is 11.9 Å². The number of hydrogen-bond donors (Lipinski definition) is 2. The van der Waals surface area contributed by atoms with Crippen molar-refractivity contribution in [3.63, 3.8) is 0 Å². The number of hydroxylamine groups is 1. The number of carbonyl (C=O) groups excluding carboxylic acids is 2. The van der Waals surface area contributed by atoms with Crippen LogP contribution in [0, 0.1) is 0 Å². The number of rotatable bonds is 1. The molecular formula is C16H21N3O4. The average Bonchev–Trinajstić information content (AvgIpc) is 3.05. The lowest BCUT2D eigenvalue weighted by atomic mass is 10.1. The molecular weight excluding hydrogens is 298 g/mol. The molecule has 1 fully saturated rings. The molecule has 0 unspecified atom stereocenters. The second-order valence-electron chi connectivity index (χ2n) is 6.03. The second-order valence-corrected chi connectivity index (χ2v) is 6.03. The van der Waals surface area contributed by atoms with Crippen LogP contribution in [0.5, 0.6) is 5.75 Å². The molecule has 2 aliphatic heterocycles. The minimum absolute atomic E-state index is 0.0450. The van der Waals surface area contributed by atoms with Crippen LogP contribution in [0.2, 0.25) is 0 Å². The molecule has 7 nitrogen and oxygen atoms in total. The molecule has 23 heavy (non-hydrogen) atoms. The van der Waals surface area contributed by atoms with Crippen LogP contribution in [-0.4, -0.2) is 52.7 Å². The van der Waals surface area contributed by atoms with E-state index in [0.29, 0.717) is 24.5 Å². The smallest absolute Gasteiger partial charge is 0.320 e. The average molecular weight is 319 g/mol. The van der Waals surface area contributed by atoms with Crippen LogP contribution in [0.15, 0.2) is 18.2 Å². The third-order valence-corrected chi connectivity index (χ3v) is 4.41. The van der Waals surface area contributed by atoms with Crippen LogP contribution in [-0.2, 0) is 6.54 Å². The number of nitrogens with zero attached hydrogens (tertiary/aromatic N) is 2. The summed E-state index contributed by atoms with van der Waals surface area (Å²) in [7, 11) is 0. The van der Waals surface area contributed by atoms with Crippen molar-refractivity contribution < 1.29 is 19.5 Å². The summed E-state index contributed by atoms with van der Waals surface area (Å²) in [5.41, 5.74) is 2.79. The van der Waals surface area contributed by atoms with E-state index in [1.807, 2.05) is 16.7 Å². The summed E-state index contributed by atoms with van der Waals surface area (Å²) in [5.74, 6) is -0.00614. The van der Waals surface area contributed by atoms with Gasteiger partial charge in [-0.3, -0.25) is 10.0 Å². The van der Waals surface area contributed by atoms with E-state index in [-0.39, 0.29) is 12.1 Å². The van der Waals surface area contributed by atoms with E-state index in [9.17, 15) is 9.59 Å². The van der Waals surface area contributed by atoms with Crippen molar-refractivity contribution in [2.24, 2.45) is 0 Å². The molecule has 2 N–H and O–H groups in total. The number of hydrogen-bond acceptors (Lipinski definition) is 4. The maximum absolute atomic E-state index is 12.7. The van der Waals surface area contributed by atoms with Gasteiger partial charge in [0.15, 0.2) is 0 Å². The molecule has 1 atom stereocenters. The lowest BCUT2D eigenvalue weighted by Gasteiger charge is -2.30. The van der Waals surface area contributed by atoms with Crippen LogP contribution in [0.3, 0.4) is 0 Å². The Morgan fingerprint density at radius 3 is 2.74 bits per heavy atom. The largest absolute Gasteiger partial charge is 0.491 e. The first-order valence-corrected chi connectivity index (χ1v) is 7.86. The van der Waals surface area contributed by atoms with E-state index in [2.05, 4.69) is 0 Å². The Morgan fingerprint density at radius 2 is 2.04 bits per heavy atom. The fourth-order valence-corrected chi connectivity index (χ4v) is 3.01. The summed E-state index contributed by atoms with van der Waals surface area (Å²) in [6.07, 6.45) is 2.11. The lowest BCUT2D eigenvalue weighted by molar-refractivity contribution is 0.0706. The summed E-state index contributed by atoms with van der Waals surface area (Å²) >= 11 is 0. The molecule has 0 saturated carbocycles. The summed E-state index contributed by atoms with van der Waals surface area (Å²) in [6, 6.07) is 4.97. The Hall–Kier alpha value is -2.28. The number of benzene rings is 1. The highest BCUT2D eigenvalue weighted by atomic mass is 16.5. The van der Waals surface area contributed by atoms with Gasteiger partial charge in [-0.1, -0.05) is 6.07 Å². The van der Waals surface area contributed by atoms with E-state index in [4.69, 9.17) is 9.94 Å². The predicted molar refractivity (Wildman–Crippen MR) is 82.4 cm³/mol. The number of ether oxygens (including phenoxy) is 1. The molecule has 7 heteroatoms. The number of fused-ring (bicyclic) bond motifs is 1. The highest BCUT2D eigenvalue weighted by Gasteiger charge is 2.30. The SMILES string of the molecule is C[C@H]1COc2cc(C(=O)NO)ccc2CN1C(=O)N1CCCC1. The molecule has 0 spiro atoms. The van der Waals surface area contributed by atoms with E-state index >= 15 is 0 Å². The molecule has 0 radical (unpaired) electrons. The number of carbonyl (C=O) groups is 2. The van der Waals surface area contributed by atoms with Crippen LogP contribution in [0.4, 0.5) is 4.79 Å². The lowest BCUT2D eigenvalue weighted by Crippen LogP contribution is -2.46. The zero-order valence-electron chi connectivity index (χ0n) is 13.1. The molecule has 0 aliphatic carbocycles. The first kappa shape index (κ1) is 15.6. The second kappa shape index (κ2) is 6.45. The Morgan fingerprint density at radius 1 is 1.30 bits per heavy atom. The fourth-order valence-electron chi connectivity index (χ4n) is 3.01. The molecule has 2 aliphatic rings. The Bertz CT molecular complexity index is 613. The van der Waals surface area contributed by atoms with Crippen LogP contribution < -0.4 is 10.2 Å². The molecule has 1 aromatic carbocycles. The first-order chi connectivity index (χ1) is 11.1. The topological polar surface area (TPSA) is 82.1 Å². The third kappa shape index (κ3) is 3.10. The fraction of sp³-hybridized carbons (Fsp3) is 0.500. The summed E-state index contributed by atoms with van der Waals surface area (Å²) in [4.78, 5) is 27.9. The molecule has 1 saturated heterocycles. The minimum Gasteiger partial charge on any atom is -0.491 e. The van der Waals surface area contributed by atoms with Gasteiger partial charge in [0, 0.05) is 24.2 Å². The maximum Gasteiger partial charge on any atom is 0.320 e. The Labute approximate surface area is 134 Å². The van der Waals surface area contributed by atoms with Gasteiger partial charge < -0.3 is 14.5 Å². The van der Waals surface area contributed by atoms with Gasteiger partial charge in [0.05, 0.1) is 12.6 Å². The molecule has 3 amide bonds. The summed E-state index contributed by atoms with van der Waals surface area (Å²) in [5, 5.41) is 8.73. The van der Waals surface area contributed by atoms with Crippen molar-refractivity contribution in [1.82, 2.24) is 15.3 Å². The van der Waals surface area contributed by atoms with E-state index < -0.39 is 5.91 Å². The zero-order chi connectivity index (χ0) is 16.4. The van der Waals surface area contributed by atoms with Gasteiger partial charge in [0.2, 0.25) is 0 Å². The Balaban J connectivity index is 1.83. The third-order valence-electron chi connectivity index (χ3n) is 4.41. The first-order valence-electron chi connectivity index (χ1n) is 7.86. The number of urea groups is 1. The van der Waals surface area contributed by atoms with Gasteiger partial charge in [-0.25, -0.2) is 10.3 Å². The van der Waals surface area contributed by atoms with Crippen LogP contribution in [0.25, 0.3) is 0 Å². The summed E-state index contributed by atoms with van der Waals surface area (Å²) in [6.45, 7) is 4.40. The quantitative estimate of drug-likeness (QED) is 0.608. The van der Waals surface area contributed by atoms with Crippen molar-refractivity contribution in [2.75, 3.05) is 19.7 Å². The molecule has 1 aromatic rings. The van der Waals surface area contributed by atoms with Gasteiger partial charge in [-0.05, 0) is 31.9 Å². The monoisotopic (exact) mass is 319 g/mol.